The van der Waals surface area contributed by atoms with Crippen LogP contribution in [0.2, 0.25) is 5.02 Å². The van der Waals surface area contributed by atoms with Gasteiger partial charge < -0.3 is 20.3 Å². The van der Waals surface area contributed by atoms with Gasteiger partial charge in [-0.3, -0.25) is 0 Å². The molecule has 0 aliphatic carbocycles. The van der Waals surface area contributed by atoms with E-state index in [4.69, 9.17) is 27.2 Å². The molecule has 0 bridgehead atoms. The molecule has 3 N–H and O–H groups in total. The Bertz CT molecular complexity index is 1050. The number of anilines is 1. The number of halogens is 4. The zero-order chi connectivity index (χ0) is 21.5. The van der Waals surface area contributed by atoms with E-state index >= 15 is 0 Å². The first-order valence-electron chi connectivity index (χ1n) is 8.02. The molecule has 0 saturated carbocycles. The molecule has 1 atom stereocenters. The maximum Gasteiger partial charge on any atom is 0.430 e. The van der Waals surface area contributed by atoms with Gasteiger partial charge in [-0.05, 0) is 42.0 Å². The van der Waals surface area contributed by atoms with Crippen molar-refractivity contribution >= 4 is 35.3 Å². The monoisotopic (exact) mass is 427 g/mol. The molecule has 1 aliphatic heterocycles. The van der Waals surface area contributed by atoms with Crippen molar-refractivity contribution < 1.29 is 37.3 Å². The Balaban J connectivity index is 2.25. The molecular weight excluding hydrogens is 415 g/mol. The number of esters is 1. The molecule has 0 radical (unpaired) electrons. The van der Waals surface area contributed by atoms with E-state index in [-0.39, 0.29) is 38.7 Å². The van der Waals surface area contributed by atoms with E-state index in [9.17, 15) is 22.8 Å². The van der Waals surface area contributed by atoms with E-state index in [1.165, 1.54) is 37.4 Å². The number of hydrogen-bond donors (Lipinski definition) is 2. The average molecular weight is 428 g/mol. The van der Waals surface area contributed by atoms with Crippen LogP contribution in [0.3, 0.4) is 0 Å². The highest BCUT2D eigenvalue weighted by atomic mass is 35.5. The third-order valence-corrected chi connectivity index (χ3v) is 4.36. The summed E-state index contributed by atoms with van der Waals surface area (Å²) in [5, 5.41) is 9.29. The summed E-state index contributed by atoms with van der Waals surface area (Å²) in [6.45, 7) is 0. The molecule has 2 aromatic carbocycles. The highest BCUT2D eigenvalue weighted by molar-refractivity contribution is 6.31. The van der Waals surface area contributed by atoms with Gasteiger partial charge >= 0.3 is 18.1 Å². The molecule has 0 amide bonds. The van der Waals surface area contributed by atoms with Crippen molar-refractivity contribution in [3.8, 4) is 16.9 Å². The fourth-order valence-electron chi connectivity index (χ4n) is 2.95. The molecule has 152 valence electrons. The number of carboxylic acids is 1. The predicted molar refractivity (Wildman–Crippen MR) is 98.7 cm³/mol. The van der Waals surface area contributed by atoms with Gasteiger partial charge in [-0.25, -0.2) is 9.59 Å². The number of alkyl halides is 3. The number of rotatable bonds is 3. The van der Waals surface area contributed by atoms with Crippen molar-refractivity contribution in [3.63, 3.8) is 0 Å². The third-order valence-electron chi connectivity index (χ3n) is 4.14. The lowest BCUT2D eigenvalue weighted by molar-refractivity contribution is -0.187. The number of benzene rings is 2. The molecule has 3 rings (SSSR count). The lowest BCUT2D eigenvalue weighted by Crippen LogP contribution is -2.40. The lowest BCUT2D eigenvalue weighted by atomic mass is 9.94. The Kier molecular flexibility index (Phi) is 5.18. The van der Waals surface area contributed by atoms with E-state index in [0.717, 1.165) is 6.08 Å². The van der Waals surface area contributed by atoms with E-state index < -0.39 is 29.8 Å². The largest absolute Gasteiger partial charge is 0.478 e. The van der Waals surface area contributed by atoms with Crippen LogP contribution >= 0.6 is 11.6 Å². The van der Waals surface area contributed by atoms with Crippen molar-refractivity contribution in [2.45, 2.75) is 12.3 Å². The molecule has 1 heterocycles. The Morgan fingerprint density at radius 2 is 1.90 bits per heavy atom. The molecule has 0 fully saturated rings. The molecule has 0 spiro atoms. The van der Waals surface area contributed by atoms with Crippen molar-refractivity contribution in [2.24, 2.45) is 0 Å². The summed E-state index contributed by atoms with van der Waals surface area (Å²) in [5.74, 6) is -2.70. The molecular formula is C19H13ClF3NO5. The van der Waals surface area contributed by atoms with Crippen molar-refractivity contribution in [1.82, 2.24) is 0 Å². The second kappa shape index (κ2) is 7.32. The maximum absolute atomic E-state index is 13.4. The second-order valence-electron chi connectivity index (χ2n) is 6.15. The number of nitrogens with two attached hydrogens (primary N) is 1. The second-order valence-corrected chi connectivity index (χ2v) is 6.59. The number of fused-ring (bicyclic) bond motifs is 1. The van der Waals surface area contributed by atoms with Gasteiger partial charge in [0.05, 0.1) is 18.2 Å². The SMILES string of the molecule is COC(=O)c1cc(N)cc(-c2cc(Cl)cc3c2OC(C(F)(F)F)C(C(=O)O)=C3)c1. The quantitative estimate of drug-likeness (QED) is 0.563. The van der Waals surface area contributed by atoms with Crippen LogP contribution in [0, 0.1) is 0 Å². The first-order chi connectivity index (χ1) is 13.5. The van der Waals surface area contributed by atoms with E-state index in [1.807, 2.05) is 0 Å². The first-order valence-corrected chi connectivity index (χ1v) is 8.40. The Labute approximate surface area is 167 Å². The van der Waals surface area contributed by atoms with Crippen LogP contribution < -0.4 is 10.5 Å². The molecule has 29 heavy (non-hydrogen) atoms. The van der Waals surface area contributed by atoms with E-state index in [2.05, 4.69) is 4.74 Å². The van der Waals surface area contributed by atoms with Gasteiger partial charge in [0.25, 0.3) is 0 Å². The van der Waals surface area contributed by atoms with Crippen LogP contribution in [-0.4, -0.2) is 36.4 Å². The van der Waals surface area contributed by atoms with Gasteiger partial charge in [-0.1, -0.05) is 11.6 Å². The third kappa shape index (κ3) is 4.00. The molecule has 0 aromatic heterocycles. The number of nitrogen functional groups attached to an aromatic ring is 1. The predicted octanol–water partition coefficient (Wildman–Crippen LogP) is 4.17. The number of methoxy groups -OCH3 is 1. The Morgan fingerprint density at radius 1 is 1.21 bits per heavy atom. The zero-order valence-corrected chi connectivity index (χ0v) is 15.5. The molecule has 6 nitrogen and oxygen atoms in total. The summed E-state index contributed by atoms with van der Waals surface area (Å²) in [5.41, 5.74) is 5.47. The number of carbonyl (C=O) groups excluding carboxylic acids is 1. The smallest absolute Gasteiger partial charge is 0.430 e. The fraction of sp³-hybridized carbons (Fsp3) is 0.158. The van der Waals surface area contributed by atoms with Gasteiger partial charge in [-0.15, -0.1) is 0 Å². The summed E-state index contributed by atoms with van der Waals surface area (Å²) >= 11 is 6.08. The van der Waals surface area contributed by atoms with Gasteiger partial charge in [0.15, 0.2) is 0 Å². The number of carboxylic acid groups (broad SMARTS) is 1. The lowest BCUT2D eigenvalue weighted by Gasteiger charge is -2.28. The number of aliphatic carboxylic acids is 1. The minimum absolute atomic E-state index is 0.0486. The van der Waals surface area contributed by atoms with Crippen LogP contribution in [0.25, 0.3) is 17.2 Å². The Morgan fingerprint density at radius 3 is 2.48 bits per heavy atom. The van der Waals surface area contributed by atoms with Crippen LogP contribution in [-0.2, 0) is 9.53 Å². The number of ether oxygens (including phenoxy) is 2. The number of carbonyl (C=O) groups is 2. The van der Waals surface area contributed by atoms with Gasteiger partial charge in [0.2, 0.25) is 6.10 Å². The van der Waals surface area contributed by atoms with Crippen molar-refractivity contribution in [3.05, 3.63) is 52.1 Å². The van der Waals surface area contributed by atoms with Crippen LogP contribution in [0.1, 0.15) is 15.9 Å². The summed E-state index contributed by atoms with van der Waals surface area (Å²) in [4.78, 5) is 23.2. The minimum atomic E-state index is -4.97. The molecule has 1 aliphatic rings. The topological polar surface area (TPSA) is 98.9 Å². The summed E-state index contributed by atoms with van der Waals surface area (Å²) < 4.78 is 49.9. The summed E-state index contributed by atoms with van der Waals surface area (Å²) in [7, 11) is 1.17. The maximum atomic E-state index is 13.4. The van der Waals surface area contributed by atoms with Gasteiger partial charge in [0.1, 0.15) is 5.75 Å². The average Bonchev–Trinajstić information content (AvgIpc) is 2.64. The van der Waals surface area contributed by atoms with Crippen molar-refractivity contribution in [2.75, 3.05) is 12.8 Å². The molecule has 1 unspecified atom stereocenters. The van der Waals surface area contributed by atoms with E-state index in [1.54, 1.807) is 0 Å². The number of hydrogen-bond acceptors (Lipinski definition) is 5. The van der Waals surface area contributed by atoms with Gasteiger partial charge in [0, 0.05) is 21.8 Å². The van der Waals surface area contributed by atoms with Crippen LogP contribution in [0.5, 0.6) is 5.75 Å². The van der Waals surface area contributed by atoms with Crippen LogP contribution in [0.15, 0.2) is 35.9 Å². The molecule has 2 aromatic rings. The van der Waals surface area contributed by atoms with Crippen LogP contribution in [0.4, 0.5) is 18.9 Å². The first kappa shape index (κ1) is 20.5. The Hall–Kier alpha value is -3.20. The zero-order valence-electron chi connectivity index (χ0n) is 14.7. The fourth-order valence-corrected chi connectivity index (χ4v) is 3.18. The highest BCUT2D eigenvalue weighted by Gasteiger charge is 2.48. The molecule has 0 saturated heterocycles. The summed E-state index contributed by atoms with van der Waals surface area (Å²) in [6.07, 6.45) is -6.78. The van der Waals surface area contributed by atoms with E-state index in [0.29, 0.717) is 0 Å². The minimum Gasteiger partial charge on any atom is -0.478 e. The van der Waals surface area contributed by atoms with Gasteiger partial charge in [-0.2, -0.15) is 13.2 Å². The highest BCUT2D eigenvalue weighted by Crippen LogP contribution is 2.44. The van der Waals surface area contributed by atoms with Crippen molar-refractivity contribution in [1.29, 1.82) is 0 Å². The standard InChI is InChI=1S/C19H13ClF3NO5/c1-28-18(27)10-2-8(4-12(24)5-10)13-7-11(20)3-9-6-14(17(25)26)16(19(21,22)23)29-15(9)13/h2-7,16H,24H2,1H3,(H,25,26). The summed E-state index contributed by atoms with van der Waals surface area (Å²) in [6, 6.07) is 6.73. The normalized spacial score (nSPS) is 15.8. The molecule has 10 heteroatoms.